The van der Waals surface area contributed by atoms with Crippen LogP contribution in [0, 0.1) is 12.8 Å². The molecule has 1 heterocycles. The third-order valence-corrected chi connectivity index (χ3v) is 5.17. The van der Waals surface area contributed by atoms with Crippen LogP contribution in [0.3, 0.4) is 0 Å². The maximum Gasteiger partial charge on any atom is 0.414 e. The Kier molecular flexibility index (Phi) is 9.21. The molecule has 1 aliphatic heterocycles. The number of nitrogens with zero attached hydrogens (tertiary/aromatic N) is 2. The predicted octanol–water partition coefficient (Wildman–Crippen LogP) is 3.02. The van der Waals surface area contributed by atoms with Gasteiger partial charge in [0.05, 0.1) is 5.92 Å². The van der Waals surface area contributed by atoms with Gasteiger partial charge in [-0.25, -0.2) is 9.59 Å². The molecular formula is C24H30N2O5. The molecule has 3 rings (SSSR count). The summed E-state index contributed by atoms with van der Waals surface area (Å²) in [5.41, 5.74) is 3.82. The molecule has 1 amide bonds. The highest BCUT2D eigenvalue weighted by molar-refractivity contribution is 6.27. The molecule has 1 fully saturated rings. The van der Waals surface area contributed by atoms with E-state index in [2.05, 4.69) is 48.2 Å². The SMILES string of the molecule is Cc1cccc(CN2CCCC(C(=O)N(C)Cc3ccccc3)C2)c1.O=C(O)C(=O)O. The molecule has 7 nitrogen and oxygen atoms in total. The number of benzene rings is 2. The van der Waals surface area contributed by atoms with Gasteiger partial charge >= 0.3 is 11.9 Å². The average Bonchev–Trinajstić information content (AvgIpc) is 2.74. The molecule has 0 saturated carbocycles. The smallest absolute Gasteiger partial charge is 0.414 e. The second-order valence-electron chi connectivity index (χ2n) is 7.85. The van der Waals surface area contributed by atoms with Crippen LogP contribution in [0.25, 0.3) is 0 Å². The first-order valence-corrected chi connectivity index (χ1v) is 10.3. The van der Waals surface area contributed by atoms with Gasteiger partial charge in [0.1, 0.15) is 0 Å². The number of aryl methyl sites for hydroxylation is 1. The van der Waals surface area contributed by atoms with Gasteiger partial charge in [-0.2, -0.15) is 0 Å². The van der Waals surface area contributed by atoms with Gasteiger partial charge in [-0.05, 0) is 37.4 Å². The van der Waals surface area contributed by atoms with Gasteiger partial charge in [-0.15, -0.1) is 0 Å². The number of hydrogen-bond donors (Lipinski definition) is 2. The fraction of sp³-hybridized carbons (Fsp3) is 0.375. The van der Waals surface area contributed by atoms with Crippen LogP contribution in [-0.2, 0) is 27.5 Å². The van der Waals surface area contributed by atoms with E-state index in [1.165, 1.54) is 16.7 Å². The van der Waals surface area contributed by atoms with Crippen molar-refractivity contribution < 1.29 is 24.6 Å². The molecule has 31 heavy (non-hydrogen) atoms. The van der Waals surface area contributed by atoms with Crippen molar-refractivity contribution in [2.24, 2.45) is 5.92 Å². The predicted molar refractivity (Wildman–Crippen MR) is 117 cm³/mol. The van der Waals surface area contributed by atoms with Crippen LogP contribution in [0.2, 0.25) is 0 Å². The molecule has 1 saturated heterocycles. The van der Waals surface area contributed by atoms with Gasteiger partial charge in [-0.1, -0.05) is 60.2 Å². The summed E-state index contributed by atoms with van der Waals surface area (Å²) in [6.45, 7) is 5.71. The quantitative estimate of drug-likeness (QED) is 0.713. The summed E-state index contributed by atoms with van der Waals surface area (Å²) in [5.74, 6) is -3.25. The molecule has 1 unspecified atom stereocenters. The molecule has 0 aliphatic carbocycles. The highest BCUT2D eigenvalue weighted by atomic mass is 16.4. The average molecular weight is 427 g/mol. The second kappa shape index (κ2) is 11.9. The Morgan fingerprint density at radius 2 is 1.65 bits per heavy atom. The number of rotatable bonds is 5. The number of aliphatic carboxylic acids is 2. The molecule has 166 valence electrons. The zero-order valence-corrected chi connectivity index (χ0v) is 18.0. The summed E-state index contributed by atoms with van der Waals surface area (Å²) < 4.78 is 0. The van der Waals surface area contributed by atoms with Crippen molar-refractivity contribution in [1.82, 2.24) is 9.80 Å². The standard InChI is InChI=1S/C22H28N2O.C2H2O4/c1-18-8-6-11-20(14-18)16-24-13-7-12-21(17-24)22(25)23(2)15-19-9-4-3-5-10-19;3-1(4)2(5)6/h3-6,8-11,14,21H,7,12-13,15-17H2,1-2H3;(H,3,4)(H,5,6). The molecule has 2 aromatic rings. The van der Waals surface area contributed by atoms with E-state index in [-0.39, 0.29) is 11.8 Å². The summed E-state index contributed by atoms with van der Waals surface area (Å²) in [6, 6.07) is 18.9. The number of piperidine rings is 1. The Morgan fingerprint density at radius 3 is 2.26 bits per heavy atom. The molecule has 0 aromatic heterocycles. The third-order valence-electron chi connectivity index (χ3n) is 5.17. The van der Waals surface area contributed by atoms with E-state index in [1.54, 1.807) is 0 Å². The van der Waals surface area contributed by atoms with Gasteiger partial charge in [0.25, 0.3) is 0 Å². The number of hydrogen-bond acceptors (Lipinski definition) is 4. The van der Waals surface area contributed by atoms with Gasteiger partial charge in [0.15, 0.2) is 0 Å². The zero-order valence-electron chi connectivity index (χ0n) is 18.0. The minimum atomic E-state index is -1.82. The van der Waals surface area contributed by atoms with Crippen LogP contribution < -0.4 is 0 Å². The molecule has 1 aliphatic rings. The number of amides is 1. The molecule has 0 bridgehead atoms. The van der Waals surface area contributed by atoms with E-state index in [0.29, 0.717) is 6.54 Å². The summed E-state index contributed by atoms with van der Waals surface area (Å²) in [7, 11) is 1.93. The van der Waals surface area contributed by atoms with Gasteiger partial charge in [0.2, 0.25) is 5.91 Å². The van der Waals surface area contributed by atoms with E-state index < -0.39 is 11.9 Å². The van der Waals surface area contributed by atoms with Crippen LogP contribution in [0.1, 0.15) is 29.5 Å². The molecular weight excluding hydrogens is 396 g/mol. The molecule has 1 atom stereocenters. The topological polar surface area (TPSA) is 98.2 Å². The largest absolute Gasteiger partial charge is 0.473 e. The molecule has 2 aromatic carbocycles. The van der Waals surface area contributed by atoms with Crippen molar-refractivity contribution in [2.45, 2.75) is 32.9 Å². The minimum absolute atomic E-state index is 0.118. The van der Waals surface area contributed by atoms with Crippen molar-refractivity contribution in [3.05, 3.63) is 71.3 Å². The maximum absolute atomic E-state index is 12.9. The van der Waals surface area contributed by atoms with E-state index >= 15 is 0 Å². The molecule has 0 spiro atoms. The third kappa shape index (κ3) is 8.22. The fourth-order valence-electron chi connectivity index (χ4n) is 3.72. The summed E-state index contributed by atoms with van der Waals surface area (Å²) >= 11 is 0. The maximum atomic E-state index is 12.9. The summed E-state index contributed by atoms with van der Waals surface area (Å²) in [6.07, 6.45) is 2.10. The monoisotopic (exact) mass is 426 g/mol. The molecule has 2 N–H and O–H groups in total. The minimum Gasteiger partial charge on any atom is -0.473 e. The van der Waals surface area contributed by atoms with Crippen molar-refractivity contribution in [3.63, 3.8) is 0 Å². The summed E-state index contributed by atoms with van der Waals surface area (Å²) in [5, 5.41) is 14.8. The number of carbonyl (C=O) groups excluding carboxylic acids is 1. The van der Waals surface area contributed by atoms with Crippen LogP contribution in [-0.4, -0.2) is 58.0 Å². The van der Waals surface area contributed by atoms with E-state index in [4.69, 9.17) is 19.8 Å². The van der Waals surface area contributed by atoms with E-state index in [0.717, 1.165) is 32.5 Å². The van der Waals surface area contributed by atoms with Crippen LogP contribution in [0.4, 0.5) is 0 Å². The number of carbonyl (C=O) groups is 3. The van der Waals surface area contributed by atoms with Crippen LogP contribution >= 0.6 is 0 Å². The number of likely N-dealkylation sites (tertiary alicyclic amines) is 1. The Balaban J connectivity index is 0.000000501. The van der Waals surface area contributed by atoms with Crippen molar-refractivity contribution in [2.75, 3.05) is 20.1 Å². The van der Waals surface area contributed by atoms with Crippen molar-refractivity contribution in [3.8, 4) is 0 Å². The van der Waals surface area contributed by atoms with Gasteiger partial charge in [-0.3, -0.25) is 9.69 Å². The Bertz CT molecular complexity index is 873. The lowest BCUT2D eigenvalue weighted by molar-refractivity contribution is -0.159. The fourth-order valence-corrected chi connectivity index (χ4v) is 3.72. The first-order valence-electron chi connectivity index (χ1n) is 10.3. The second-order valence-corrected chi connectivity index (χ2v) is 7.85. The van der Waals surface area contributed by atoms with E-state index in [1.807, 2.05) is 30.1 Å². The zero-order chi connectivity index (χ0) is 22.8. The summed E-state index contributed by atoms with van der Waals surface area (Å²) in [4.78, 5) is 35.4. The van der Waals surface area contributed by atoms with Crippen LogP contribution in [0.5, 0.6) is 0 Å². The van der Waals surface area contributed by atoms with Crippen molar-refractivity contribution >= 4 is 17.8 Å². The highest BCUT2D eigenvalue weighted by Crippen LogP contribution is 2.21. The Labute approximate surface area is 182 Å². The van der Waals surface area contributed by atoms with Gasteiger partial charge < -0.3 is 15.1 Å². The lowest BCUT2D eigenvalue weighted by Crippen LogP contribution is -2.43. The lowest BCUT2D eigenvalue weighted by Gasteiger charge is -2.34. The molecule has 7 heteroatoms. The van der Waals surface area contributed by atoms with Crippen LogP contribution in [0.15, 0.2) is 54.6 Å². The normalized spacial score (nSPS) is 16.0. The lowest BCUT2D eigenvalue weighted by atomic mass is 9.96. The number of carboxylic acids is 2. The van der Waals surface area contributed by atoms with Gasteiger partial charge in [0, 0.05) is 26.7 Å². The first-order chi connectivity index (χ1) is 14.8. The van der Waals surface area contributed by atoms with E-state index in [9.17, 15) is 4.79 Å². The Hall–Kier alpha value is -3.19. The van der Waals surface area contributed by atoms with Crippen molar-refractivity contribution in [1.29, 1.82) is 0 Å². The molecule has 0 radical (unpaired) electrons. The highest BCUT2D eigenvalue weighted by Gasteiger charge is 2.28. The Morgan fingerprint density at radius 1 is 1.00 bits per heavy atom. The first kappa shape index (κ1) is 24.1. The number of carboxylic acid groups (broad SMARTS) is 2.